The number of amides is 1. The smallest absolute Gasteiger partial charge is 0.228 e. The highest BCUT2D eigenvalue weighted by atomic mass is 16.5. The van der Waals surface area contributed by atoms with Gasteiger partial charge < -0.3 is 14.8 Å². The van der Waals surface area contributed by atoms with E-state index in [1.54, 1.807) is 14.2 Å². The zero-order valence-electron chi connectivity index (χ0n) is 17.3. The summed E-state index contributed by atoms with van der Waals surface area (Å²) in [7, 11) is 3.27. The molecule has 0 aliphatic rings. The van der Waals surface area contributed by atoms with E-state index in [1.165, 1.54) is 0 Å². The number of rotatable bonds is 7. The average molecular weight is 389 g/mol. The minimum absolute atomic E-state index is 0.0545. The molecule has 29 heavy (non-hydrogen) atoms. The molecule has 3 aromatic rings. The summed E-state index contributed by atoms with van der Waals surface area (Å²) < 4.78 is 11.1. The molecule has 3 rings (SSSR count). The van der Waals surface area contributed by atoms with Crippen LogP contribution in [-0.4, -0.2) is 20.1 Å². The second-order valence-electron chi connectivity index (χ2n) is 7.00. The fraction of sp³-hybridized carbons (Fsp3) is 0.240. The summed E-state index contributed by atoms with van der Waals surface area (Å²) in [5.41, 5.74) is 3.87. The summed E-state index contributed by atoms with van der Waals surface area (Å²) in [5, 5.41) is 3.23. The molecule has 4 heteroatoms. The van der Waals surface area contributed by atoms with E-state index in [0.717, 1.165) is 22.3 Å². The van der Waals surface area contributed by atoms with Crippen molar-refractivity contribution in [1.29, 1.82) is 0 Å². The number of carbonyl (C=O) groups excluding carboxylic acids is 1. The molecule has 1 amide bonds. The monoisotopic (exact) mass is 389 g/mol. The Bertz CT molecular complexity index is 936. The molecule has 0 saturated carbocycles. The van der Waals surface area contributed by atoms with Crippen LogP contribution in [-0.2, 0) is 4.79 Å². The SMILES string of the molecule is COc1ccccc1C(NC(=O)[C@H](C)c1ccccc1C)c1ccccc1OC. The normalized spacial score (nSPS) is 11.8. The zero-order chi connectivity index (χ0) is 20.8. The van der Waals surface area contributed by atoms with E-state index in [-0.39, 0.29) is 11.8 Å². The molecule has 0 fully saturated rings. The van der Waals surface area contributed by atoms with E-state index in [4.69, 9.17) is 9.47 Å². The molecule has 0 heterocycles. The maximum atomic E-state index is 13.3. The van der Waals surface area contributed by atoms with Crippen LogP contribution in [0.4, 0.5) is 0 Å². The quantitative estimate of drug-likeness (QED) is 0.617. The molecule has 0 aromatic heterocycles. The van der Waals surface area contributed by atoms with Crippen LogP contribution in [0.15, 0.2) is 72.8 Å². The third-order valence-corrected chi connectivity index (χ3v) is 5.23. The summed E-state index contributed by atoms with van der Waals surface area (Å²) in [4.78, 5) is 13.3. The number of para-hydroxylation sites is 2. The van der Waals surface area contributed by atoms with Crippen molar-refractivity contribution in [3.8, 4) is 11.5 Å². The first-order valence-electron chi connectivity index (χ1n) is 9.68. The lowest BCUT2D eigenvalue weighted by Gasteiger charge is -2.25. The van der Waals surface area contributed by atoms with Gasteiger partial charge >= 0.3 is 0 Å². The zero-order valence-corrected chi connectivity index (χ0v) is 17.3. The van der Waals surface area contributed by atoms with E-state index in [2.05, 4.69) is 5.32 Å². The van der Waals surface area contributed by atoms with Crippen molar-refractivity contribution in [2.24, 2.45) is 0 Å². The van der Waals surface area contributed by atoms with E-state index < -0.39 is 6.04 Å². The number of ether oxygens (including phenoxy) is 2. The van der Waals surface area contributed by atoms with Crippen molar-refractivity contribution in [1.82, 2.24) is 5.32 Å². The molecule has 0 aliphatic heterocycles. The summed E-state index contributed by atoms with van der Waals surface area (Å²) in [6, 6.07) is 23.0. The minimum atomic E-state index is -0.402. The Morgan fingerprint density at radius 2 is 1.21 bits per heavy atom. The first-order valence-corrected chi connectivity index (χ1v) is 9.68. The standard InChI is InChI=1S/C25H27NO3/c1-17-11-5-6-12-19(17)18(2)25(27)26-24(20-13-7-9-15-22(20)28-3)21-14-8-10-16-23(21)29-4/h5-16,18,24H,1-4H3,(H,26,27)/t18-/m1/s1. The number of hydrogen-bond donors (Lipinski definition) is 1. The lowest BCUT2D eigenvalue weighted by molar-refractivity contribution is -0.122. The van der Waals surface area contributed by atoms with Gasteiger partial charge in [-0.15, -0.1) is 0 Å². The van der Waals surface area contributed by atoms with E-state index in [9.17, 15) is 4.79 Å². The number of carbonyl (C=O) groups is 1. The van der Waals surface area contributed by atoms with Crippen LogP contribution < -0.4 is 14.8 Å². The molecule has 150 valence electrons. The molecule has 0 spiro atoms. The fourth-order valence-electron chi connectivity index (χ4n) is 3.61. The van der Waals surface area contributed by atoms with Gasteiger partial charge in [0.05, 0.1) is 26.2 Å². The molecule has 1 atom stereocenters. The summed E-state index contributed by atoms with van der Waals surface area (Å²) >= 11 is 0. The van der Waals surface area contributed by atoms with Gasteiger partial charge in [0.15, 0.2) is 0 Å². The maximum absolute atomic E-state index is 13.3. The first kappa shape index (κ1) is 20.5. The Labute approximate surface area is 172 Å². The van der Waals surface area contributed by atoms with Crippen molar-refractivity contribution in [2.45, 2.75) is 25.8 Å². The second kappa shape index (κ2) is 9.28. The molecule has 0 bridgehead atoms. The molecule has 3 aromatic carbocycles. The van der Waals surface area contributed by atoms with Crippen molar-refractivity contribution >= 4 is 5.91 Å². The summed E-state index contributed by atoms with van der Waals surface area (Å²) in [6.45, 7) is 3.95. The van der Waals surface area contributed by atoms with Crippen molar-refractivity contribution < 1.29 is 14.3 Å². The molecule has 0 radical (unpaired) electrons. The molecular weight excluding hydrogens is 362 g/mol. The number of benzene rings is 3. The van der Waals surface area contributed by atoms with Gasteiger partial charge in [0.1, 0.15) is 11.5 Å². The predicted molar refractivity (Wildman–Crippen MR) is 116 cm³/mol. The van der Waals surface area contributed by atoms with Crippen LogP contribution in [0.25, 0.3) is 0 Å². The summed E-state index contributed by atoms with van der Waals surface area (Å²) in [5.74, 6) is 1.09. The molecule has 0 saturated heterocycles. The molecule has 1 N–H and O–H groups in total. The molecule has 0 aliphatic carbocycles. The third-order valence-electron chi connectivity index (χ3n) is 5.23. The van der Waals surface area contributed by atoms with Gasteiger partial charge in [-0.2, -0.15) is 0 Å². The van der Waals surface area contributed by atoms with Gasteiger partial charge in [-0.25, -0.2) is 0 Å². The summed E-state index contributed by atoms with van der Waals surface area (Å²) in [6.07, 6.45) is 0. The lowest BCUT2D eigenvalue weighted by atomic mass is 9.93. The predicted octanol–water partition coefficient (Wildman–Crippen LogP) is 5.02. The van der Waals surface area contributed by atoms with Crippen LogP contribution in [0.1, 0.15) is 41.1 Å². The van der Waals surface area contributed by atoms with Gasteiger partial charge in [0, 0.05) is 11.1 Å². The van der Waals surface area contributed by atoms with Gasteiger partial charge in [-0.3, -0.25) is 4.79 Å². The fourth-order valence-corrected chi connectivity index (χ4v) is 3.61. The van der Waals surface area contributed by atoms with E-state index in [0.29, 0.717) is 11.5 Å². The van der Waals surface area contributed by atoms with Gasteiger partial charge in [-0.1, -0.05) is 60.7 Å². The molecule has 0 unspecified atom stereocenters. The molecule has 4 nitrogen and oxygen atoms in total. The number of methoxy groups -OCH3 is 2. The molecular formula is C25H27NO3. The largest absolute Gasteiger partial charge is 0.496 e. The van der Waals surface area contributed by atoms with Crippen molar-refractivity contribution in [3.05, 3.63) is 95.1 Å². The average Bonchev–Trinajstić information content (AvgIpc) is 2.77. The first-order chi connectivity index (χ1) is 14.1. The Hall–Kier alpha value is -3.27. The van der Waals surface area contributed by atoms with Crippen molar-refractivity contribution in [3.63, 3.8) is 0 Å². The number of nitrogens with one attached hydrogen (secondary N) is 1. The van der Waals surface area contributed by atoms with Crippen LogP contribution in [0.5, 0.6) is 11.5 Å². The Balaban J connectivity index is 2.02. The van der Waals surface area contributed by atoms with Gasteiger partial charge in [-0.05, 0) is 37.1 Å². The van der Waals surface area contributed by atoms with Crippen LogP contribution in [0.2, 0.25) is 0 Å². The Kier molecular flexibility index (Phi) is 6.55. The highest BCUT2D eigenvalue weighted by molar-refractivity contribution is 5.84. The highest BCUT2D eigenvalue weighted by Crippen LogP contribution is 2.35. The maximum Gasteiger partial charge on any atom is 0.228 e. The van der Waals surface area contributed by atoms with Crippen LogP contribution in [0.3, 0.4) is 0 Å². The third kappa shape index (κ3) is 4.43. The van der Waals surface area contributed by atoms with Crippen LogP contribution in [0, 0.1) is 6.92 Å². The van der Waals surface area contributed by atoms with Gasteiger partial charge in [0.2, 0.25) is 5.91 Å². The topological polar surface area (TPSA) is 47.6 Å². The second-order valence-corrected chi connectivity index (χ2v) is 7.00. The minimum Gasteiger partial charge on any atom is -0.496 e. The highest BCUT2D eigenvalue weighted by Gasteiger charge is 2.26. The number of hydrogen-bond acceptors (Lipinski definition) is 3. The number of aryl methyl sites for hydroxylation is 1. The van der Waals surface area contributed by atoms with Crippen molar-refractivity contribution in [2.75, 3.05) is 14.2 Å². The van der Waals surface area contributed by atoms with E-state index >= 15 is 0 Å². The van der Waals surface area contributed by atoms with Gasteiger partial charge in [0.25, 0.3) is 0 Å². The van der Waals surface area contributed by atoms with E-state index in [1.807, 2.05) is 86.6 Å². The van der Waals surface area contributed by atoms with Crippen LogP contribution >= 0.6 is 0 Å². The Morgan fingerprint density at radius 3 is 1.69 bits per heavy atom. The Morgan fingerprint density at radius 1 is 0.759 bits per heavy atom. The lowest BCUT2D eigenvalue weighted by Crippen LogP contribution is -2.33.